The van der Waals surface area contributed by atoms with E-state index in [1.807, 2.05) is 0 Å². The average molecular weight is 284 g/mol. The molecule has 0 heterocycles. The van der Waals surface area contributed by atoms with Crippen LogP contribution in [0.5, 0.6) is 0 Å². The lowest BCUT2D eigenvalue weighted by Crippen LogP contribution is -2.18. The monoisotopic (exact) mass is 282 g/mol. The highest BCUT2D eigenvalue weighted by Gasteiger charge is 2.35. The van der Waals surface area contributed by atoms with Gasteiger partial charge < -0.3 is 0 Å². The molecule has 0 saturated heterocycles. The molecule has 1 aliphatic carbocycles. The highest BCUT2D eigenvalue weighted by Crippen LogP contribution is 2.35. The molecule has 11 heavy (non-hydrogen) atoms. The Kier molecular flexibility index (Phi) is 3.25. The lowest BCUT2D eigenvalue weighted by atomic mass is 10.00. The Labute approximate surface area is 82.0 Å². The molecule has 1 aliphatic rings. The van der Waals surface area contributed by atoms with Crippen LogP contribution in [0.3, 0.4) is 0 Å². The van der Waals surface area contributed by atoms with Crippen molar-refractivity contribution in [2.45, 2.75) is 19.3 Å². The van der Waals surface area contributed by atoms with Gasteiger partial charge in [0.15, 0.2) is 0 Å². The van der Waals surface area contributed by atoms with Crippen LogP contribution in [0.15, 0.2) is 0 Å². The highest BCUT2D eigenvalue weighted by atomic mass is 79.9. The molecule has 0 bridgehead atoms. The maximum Gasteiger partial charge on any atom is 0.201 e. The predicted octanol–water partition coefficient (Wildman–Crippen LogP) is 2.25. The second kappa shape index (κ2) is 3.81. The Morgan fingerprint density at radius 1 is 1.00 bits per heavy atom. The van der Waals surface area contributed by atoms with Crippen LogP contribution in [-0.2, 0) is 9.59 Å². The SMILES string of the molecule is O=C(Br)C1CCCC1C(=O)Br. The van der Waals surface area contributed by atoms with E-state index in [0.29, 0.717) is 0 Å². The second-order valence-corrected chi connectivity index (χ2v) is 4.32. The van der Waals surface area contributed by atoms with Crippen molar-refractivity contribution in [1.29, 1.82) is 0 Å². The molecule has 0 aromatic rings. The van der Waals surface area contributed by atoms with Crippen molar-refractivity contribution in [1.82, 2.24) is 0 Å². The minimum absolute atomic E-state index is 0.0344. The third-order valence-corrected chi connectivity index (χ3v) is 3.28. The van der Waals surface area contributed by atoms with E-state index in [2.05, 4.69) is 31.9 Å². The van der Waals surface area contributed by atoms with E-state index in [9.17, 15) is 9.59 Å². The fourth-order valence-corrected chi connectivity index (χ4v) is 2.60. The smallest absolute Gasteiger partial charge is 0.201 e. The summed E-state index contributed by atoms with van der Waals surface area (Å²) >= 11 is 5.80. The molecule has 62 valence electrons. The Morgan fingerprint density at radius 3 is 1.64 bits per heavy atom. The van der Waals surface area contributed by atoms with Crippen molar-refractivity contribution in [3.63, 3.8) is 0 Å². The lowest BCUT2D eigenvalue weighted by Gasteiger charge is -2.09. The standard InChI is InChI=1S/C7H8Br2O2/c8-6(10)4-2-1-3-5(4)7(9)11/h4-5H,1-3H2. The van der Waals surface area contributed by atoms with Crippen LogP contribution in [0.4, 0.5) is 0 Å². The number of carbonyl (C=O) groups is 2. The Bertz CT molecular complexity index is 171. The van der Waals surface area contributed by atoms with E-state index in [-0.39, 0.29) is 21.2 Å². The maximum absolute atomic E-state index is 10.9. The van der Waals surface area contributed by atoms with Gasteiger partial charge in [-0.2, -0.15) is 0 Å². The number of halogens is 2. The zero-order valence-corrected chi connectivity index (χ0v) is 9.02. The number of carbonyl (C=O) groups excluding carboxylic acids is 2. The third-order valence-electron chi connectivity index (χ3n) is 2.10. The molecule has 0 aromatic carbocycles. The van der Waals surface area contributed by atoms with Gasteiger partial charge in [-0.25, -0.2) is 0 Å². The van der Waals surface area contributed by atoms with E-state index < -0.39 is 0 Å². The van der Waals surface area contributed by atoms with Gasteiger partial charge in [0.1, 0.15) is 0 Å². The fraction of sp³-hybridized carbons (Fsp3) is 0.714. The second-order valence-electron chi connectivity index (χ2n) is 2.75. The van der Waals surface area contributed by atoms with Gasteiger partial charge >= 0.3 is 0 Å². The van der Waals surface area contributed by atoms with Crippen molar-refractivity contribution in [3.8, 4) is 0 Å². The molecule has 4 heteroatoms. The summed E-state index contributed by atoms with van der Waals surface area (Å²) in [7, 11) is 0. The summed E-state index contributed by atoms with van der Waals surface area (Å²) in [6.45, 7) is 0. The molecule has 0 aromatic heterocycles. The summed E-state index contributed by atoms with van der Waals surface area (Å²) in [5.41, 5.74) is 0. The summed E-state index contributed by atoms with van der Waals surface area (Å²) < 4.78 is -0.0689. The largest absolute Gasteiger partial charge is 0.286 e. The molecular weight excluding hydrogens is 276 g/mol. The zero-order valence-electron chi connectivity index (χ0n) is 5.85. The molecule has 2 nitrogen and oxygen atoms in total. The fourth-order valence-electron chi connectivity index (χ4n) is 1.50. The van der Waals surface area contributed by atoms with Crippen LogP contribution < -0.4 is 0 Å². The minimum atomic E-state index is -0.0955. The van der Waals surface area contributed by atoms with Crippen LogP contribution in [0, 0.1) is 11.8 Å². The van der Waals surface area contributed by atoms with E-state index in [1.165, 1.54) is 0 Å². The van der Waals surface area contributed by atoms with Gasteiger partial charge in [-0.3, -0.25) is 9.59 Å². The van der Waals surface area contributed by atoms with Gasteiger partial charge in [0.2, 0.25) is 9.39 Å². The molecule has 0 spiro atoms. The highest BCUT2D eigenvalue weighted by molar-refractivity contribution is 9.18. The third kappa shape index (κ3) is 2.12. The summed E-state index contributed by atoms with van der Waals surface area (Å²) in [6, 6.07) is 0. The quantitative estimate of drug-likeness (QED) is 0.729. The Morgan fingerprint density at radius 2 is 1.36 bits per heavy atom. The predicted molar refractivity (Wildman–Crippen MR) is 48.7 cm³/mol. The van der Waals surface area contributed by atoms with Gasteiger partial charge in [0.05, 0.1) is 0 Å². The zero-order chi connectivity index (χ0) is 8.43. The molecule has 2 unspecified atom stereocenters. The van der Waals surface area contributed by atoms with Gasteiger partial charge in [-0.05, 0) is 44.7 Å². The van der Waals surface area contributed by atoms with Crippen molar-refractivity contribution in [3.05, 3.63) is 0 Å². The van der Waals surface area contributed by atoms with Crippen molar-refractivity contribution < 1.29 is 9.59 Å². The maximum atomic E-state index is 10.9. The van der Waals surface area contributed by atoms with Crippen LogP contribution in [0.2, 0.25) is 0 Å². The molecule has 1 rings (SSSR count). The summed E-state index contributed by atoms with van der Waals surface area (Å²) in [4.78, 5) is 21.8. The van der Waals surface area contributed by atoms with Gasteiger partial charge in [-0.15, -0.1) is 0 Å². The molecule has 1 fully saturated rings. The Balaban J connectivity index is 2.65. The first kappa shape index (κ1) is 9.39. The molecular formula is C7H8Br2O2. The molecule has 0 N–H and O–H groups in total. The van der Waals surface area contributed by atoms with E-state index >= 15 is 0 Å². The van der Waals surface area contributed by atoms with Crippen molar-refractivity contribution in [2.75, 3.05) is 0 Å². The first-order chi connectivity index (χ1) is 5.13. The van der Waals surface area contributed by atoms with Gasteiger partial charge in [-0.1, -0.05) is 6.42 Å². The summed E-state index contributed by atoms with van der Waals surface area (Å²) in [5, 5.41) is 0. The van der Waals surface area contributed by atoms with Crippen LogP contribution in [0.25, 0.3) is 0 Å². The first-order valence-corrected chi connectivity index (χ1v) is 5.10. The Hall–Kier alpha value is 0.300. The van der Waals surface area contributed by atoms with E-state index in [1.54, 1.807) is 0 Å². The molecule has 1 saturated carbocycles. The van der Waals surface area contributed by atoms with E-state index in [0.717, 1.165) is 19.3 Å². The van der Waals surface area contributed by atoms with Crippen molar-refractivity contribution >= 4 is 41.2 Å². The summed E-state index contributed by atoms with van der Waals surface area (Å²) in [6.07, 6.45) is 2.65. The molecule has 0 amide bonds. The number of rotatable bonds is 2. The van der Waals surface area contributed by atoms with Gasteiger partial charge in [0, 0.05) is 11.8 Å². The van der Waals surface area contributed by atoms with Crippen LogP contribution in [-0.4, -0.2) is 9.39 Å². The number of hydrogen-bond acceptors (Lipinski definition) is 2. The van der Waals surface area contributed by atoms with E-state index in [4.69, 9.17) is 0 Å². The normalized spacial score (nSPS) is 30.4. The summed E-state index contributed by atoms with van der Waals surface area (Å²) in [5.74, 6) is -0.191. The average Bonchev–Trinajstić information content (AvgIpc) is 2.32. The minimum Gasteiger partial charge on any atom is -0.286 e. The number of hydrogen-bond donors (Lipinski definition) is 0. The topological polar surface area (TPSA) is 34.1 Å². The molecule has 2 atom stereocenters. The van der Waals surface area contributed by atoms with Crippen LogP contribution >= 0.6 is 31.9 Å². The molecule has 0 radical (unpaired) electrons. The molecule has 0 aliphatic heterocycles. The first-order valence-electron chi connectivity index (χ1n) is 3.51. The lowest BCUT2D eigenvalue weighted by molar-refractivity contribution is -0.121. The van der Waals surface area contributed by atoms with Crippen LogP contribution in [0.1, 0.15) is 19.3 Å². The van der Waals surface area contributed by atoms with Gasteiger partial charge in [0.25, 0.3) is 0 Å². The van der Waals surface area contributed by atoms with Crippen molar-refractivity contribution in [2.24, 2.45) is 11.8 Å².